The highest BCUT2D eigenvalue weighted by Gasteiger charge is 2.13. The van der Waals surface area contributed by atoms with Crippen LogP contribution < -0.4 is 19.5 Å². The number of fused-ring (bicyclic) bond motifs is 1. The monoisotopic (exact) mass is 416 g/mol. The van der Waals surface area contributed by atoms with E-state index in [-0.39, 0.29) is 5.91 Å². The quantitative estimate of drug-likeness (QED) is 0.445. The summed E-state index contributed by atoms with van der Waals surface area (Å²) in [4.78, 5) is 17.9. The predicted octanol–water partition coefficient (Wildman–Crippen LogP) is 4.70. The number of para-hydroxylation sites is 1. The molecular weight excluding hydrogens is 396 g/mol. The van der Waals surface area contributed by atoms with Crippen LogP contribution in [0.25, 0.3) is 16.3 Å². The molecule has 0 spiro atoms. The average molecular weight is 417 g/mol. The SMILES string of the molecule is COc1cc(/C=C/C(=O)Nc2nc3c(SC)cccc3s2)cc(OC)c1OC. The van der Waals surface area contributed by atoms with E-state index in [4.69, 9.17) is 14.2 Å². The van der Waals surface area contributed by atoms with E-state index in [0.29, 0.717) is 22.4 Å². The van der Waals surface area contributed by atoms with Gasteiger partial charge in [0.2, 0.25) is 11.7 Å². The van der Waals surface area contributed by atoms with Crippen LogP contribution in [0.1, 0.15) is 5.56 Å². The Balaban J connectivity index is 1.79. The van der Waals surface area contributed by atoms with Gasteiger partial charge in [-0.3, -0.25) is 10.1 Å². The van der Waals surface area contributed by atoms with Crippen LogP contribution in [0.3, 0.4) is 0 Å². The van der Waals surface area contributed by atoms with Crippen molar-refractivity contribution in [1.29, 1.82) is 0 Å². The standard InChI is InChI=1S/C20H20N2O4S2/c1-24-13-10-12(11-14(25-2)19(13)26-3)8-9-17(23)21-20-22-18-15(27-4)6-5-7-16(18)28-20/h5-11H,1-4H3,(H,21,22,23)/b9-8+. The van der Waals surface area contributed by atoms with Gasteiger partial charge in [0.1, 0.15) is 0 Å². The normalized spacial score (nSPS) is 11.0. The number of nitrogens with zero attached hydrogens (tertiary/aromatic N) is 1. The van der Waals surface area contributed by atoms with Crippen LogP contribution in [0.15, 0.2) is 41.3 Å². The van der Waals surface area contributed by atoms with E-state index in [1.807, 2.05) is 24.5 Å². The summed E-state index contributed by atoms with van der Waals surface area (Å²) in [6, 6.07) is 9.54. The second-order valence-electron chi connectivity index (χ2n) is 5.61. The molecule has 0 aliphatic rings. The molecule has 0 aliphatic heterocycles. The van der Waals surface area contributed by atoms with Crippen molar-refractivity contribution >= 4 is 50.4 Å². The molecule has 0 atom stereocenters. The van der Waals surface area contributed by atoms with E-state index < -0.39 is 0 Å². The fourth-order valence-corrected chi connectivity index (χ4v) is 4.18. The van der Waals surface area contributed by atoms with Gasteiger partial charge in [0.25, 0.3) is 0 Å². The molecule has 3 aromatic rings. The van der Waals surface area contributed by atoms with E-state index in [1.54, 1.807) is 51.3 Å². The Hall–Kier alpha value is -2.71. The number of carbonyl (C=O) groups is 1. The summed E-state index contributed by atoms with van der Waals surface area (Å²) in [6.45, 7) is 0. The van der Waals surface area contributed by atoms with Crippen molar-refractivity contribution in [2.24, 2.45) is 0 Å². The Bertz CT molecular complexity index is 1010. The van der Waals surface area contributed by atoms with Gasteiger partial charge in [-0.05, 0) is 42.2 Å². The van der Waals surface area contributed by atoms with Crippen molar-refractivity contribution in [1.82, 2.24) is 4.98 Å². The summed E-state index contributed by atoms with van der Waals surface area (Å²) in [6.07, 6.45) is 5.13. The number of thiazole rings is 1. The first-order valence-electron chi connectivity index (χ1n) is 8.32. The van der Waals surface area contributed by atoms with Gasteiger partial charge in [-0.2, -0.15) is 0 Å². The molecule has 0 unspecified atom stereocenters. The zero-order valence-corrected chi connectivity index (χ0v) is 17.6. The number of anilines is 1. The number of amides is 1. The van der Waals surface area contributed by atoms with Crippen molar-refractivity contribution < 1.29 is 19.0 Å². The first-order valence-corrected chi connectivity index (χ1v) is 10.4. The summed E-state index contributed by atoms with van der Waals surface area (Å²) in [5, 5.41) is 3.38. The Morgan fingerprint density at radius 3 is 2.46 bits per heavy atom. The first-order chi connectivity index (χ1) is 13.6. The van der Waals surface area contributed by atoms with E-state index >= 15 is 0 Å². The summed E-state index contributed by atoms with van der Waals surface area (Å²) in [5.74, 6) is 1.29. The zero-order chi connectivity index (χ0) is 20.1. The number of aromatic nitrogens is 1. The van der Waals surface area contributed by atoms with E-state index in [0.717, 1.165) is 20.7 Å². The Kier molecular flexibility index (Phi) is 6.43. The van der Waals surface area contributed by atoms with Crippen LogP contribution >= 0.6 is 23.1 Å². The highest BCUT2D eigenvalue weighted by Crippen LogP contribution is 2.38. The molecule has 1 aromatic heterocycles. The molecule has 1 heterocycles. The van der Waals surface area contributed by atoms with Gasteiger partial charge in [0, 0.05) is 11.0 Å². The van der Waals surface area contributed by atoms with Crippen molar-refractivity contribution in [2.45, 2.75) is 4.90 Å². The zero-order valence-electron chi connectivity index (χ0n) is 15.9. The maximum Gasteiger partial charge on any atom is 0.250 e. The number of methoxy groups -OCH3 is 3. The minimum Gasteiger partial charge on any atom is -0.493 e. The Morgan fingerprint density at radius 2 is 1.86 bits per heavy atom. The summed E-state index contributed by atoms with van der Waals surface area (Å²) in [5.41, 5.74) is 1.66. The van der Waals surface area contributed by atoms with Gasteiger partial charge in [-0.1, -0.05) is 17.4 Å². The molecule has 0 aliphatic carbocycles. The lowest BCUT2D eigenvalue weighted by Crippen LogP contribution is -2.07. The molecule has 0 saturated carbocycles. The average Bonchev–Trinajstić information content (AvgIpc) is 3.13. The van der Waals surface area contributed by atoms with E-state index in [1.165, 1.54) is 17.4 Å². The number of nitrogens with one attached hydrogen (secondary N) is 1. The van der Waals surface area contributed by atoms with Crippen LogP contribution in [0.2, 0.25) is 0 Å². The third kappa shape index (κ3) is 4.23. The molecule has 28 heavy (non-hydrogen) atoms. The summed E-state index contributed by atoms with van der Waals surface area (Å²) >= 11 is 3.08. The molecule has 0 radical (unpaired) electrons. The molecule has 1 amide bonds. The van der Waals surface area contributed by atoms with Gasteiger partial charge in [0.05, 0.1) is 31.5 Å². The number of rotatable bonds is 7. The molecule has 0 fully saturated rings. The second-order valence-corrected chi connectivity index (χ2v) is 7.49. The first kappa shape index (κ1) is 20.0. The Labute approximate surface area is 171 Å². The minimum atomic E-state index is -0.265. The largest absolute Gasteiger partial charge is 0.493 e. The highest BCUT2D eigenvalue weighted by molar-refractivity contribution is 7.98. The molecule has 0 bridgehead atoms. The van der Waals surface area contributed by atoms with Crippen LogP contribution in [0.4, 0.5) is 5.13 Å². The lowest BCUT2D eigenvalue weighted by Gasteiger charge is -2.12. The van der Waals surface area contributed by atoms with Crippen molar-refractivity contribution in [3.63, 3.8) is 0 Å². The molecule has 146 valence electrons. The fraction of sp³-hybridized carbons (Fsp3) is 0.200. The third-order valence-electron chi connectivity index (χ3n) is 3.95. The molecular formula is C20H20N2O4S2. The van der Waals surface area contributed by atoms with Crippen LogP contribution in [-0.4, -0.2) is 38.5 Å². The highest BCUT2D eigenvalue weighted by atomic mass is 32.2. The second kappa shape index (κ2) is 8.99. The van der Waals surface area contributed by atoms with Gasteiger partial charge in [0.15, 0.2) is 16.6 Å². The Morgan fingerprint density at radius 1 is 1.14 bits per heavy atom. The third-order valence-corrected chi connectivity index (χ3v) is 5.65. The van der Waals surface area contributed by atoms with Crippen LogP contribution in [0, 0.1) is 0 Å². The van der Waals surface area contributed by atoms with Gasteiger partial charge >= 0.3 is 0 Å². The number of thioether (sulfide) groups is 1. The lowest BCUT2D eigenvalue weighted by atomic mass is 10.1. The van der Waals surface area contributed by atoms with Crippen LogP contribution in [0.5, 0.6) is 17.2 Å². The smallest absolute Gasteiger partial charge is 0.250 e. The molecule has 3 rings (SSSR count). The minimum absolute atomic E-state index is 0.265. The predicted molar refractivity (Wildman–Crippen MR) is 115 cm³/mol. The molecule has 2 aromatic carbocycles. The number of carbonyl (C=O) groups excluding carboxylic acids is 1. The fourth-order valence-electron chi connectivity index (χ4n) is 2.66. The van der Waals surface area contributed by atoms with Crippen molar-refractivity contribution in [2.75, 3.05) is 32.9 Å². The number of hydrogen-bond donors (Lipinski definition) is 1. The topological polar surface area (TPSA) is 69.7 Å². The lowest BCUT2D eigenvalue weighted by molar-refractivity contribution is -0.111. The maximum atomic E-state index is 12.3. The summed E-state index contributed by atoms with van der Waals surface area (Å²) < 4.78 is 17.0. The van der Waals surface area contributed by atoms with E-state index in [2.05, 4.69) is 10.3 Å². The van der Waals surface area contributed by atoms with Gasteiger partial charge < -0.3 is 14.2 Å². The number of benzene rings is 2. The maximum absolute atomic E-state index is 12.3. The molecule has 1 N–H and O–H groups in total. The van der Waals surface area contributed by atoms with Gasteiger partial charge in [-0.15, -0.1) is 11.8 Å². The van der Waals surface area contributed by atoms with Crippen LogP contribution in [-0.2, 0) is 4.79 Å². The number of ether oxygens (including phenoxy) is 3. The summed E-state index contributed by atoms with van der Waals surface area (Å²) in [7, 11) is 4.64. The number of hydrogen-bond acceptors (Lipinski definition) is 7. The van der Waals surface area contributed by atoms with Crippen molar-refractivity contribution in [3.05, 3.63) is 42.0 Å². The molecule has 0 saturated heterocycles. The molecule has 6 nitrogen and oxygen atoms in total. The molecule has 8 heteroatoms. The van der Waals surface area contributed by atoms with E-state index in [9.17, 15) is 4.79 Å². The van der Waals surface area contributed by atoms with Gasteiger partial charge in [-0.25, -0.2) is 4.98 Å². The van der Waals surface area contributed by atoms with Crippen molar-refractivity contribution in [3.8, 4) is 17.2 Å².